The maximum absolute atomic E-state index is 11.8. The van der Waals surface area contributed by atoms with Gasteiger partial charge in [0, 0.05) is 6.54 Å². The van der Waals surface area contributed by atoms with Gasteiger partial charge in [0.15, 0.2) is 0 Å². The van der Waals surface area contributed by atoms with Crippen molar-refractivity contribution in [2.45, 2.75) is 30.2 Å². The van der Waals surface area contributed by atoms with E-state index in [1.165, 1.54) is 12.1 Å². The lowest BCUT2D eigenvalue weighted by molar-refractivity contribution is -0.122. The van der Waals surface area contributed by atoms with Crippen LogP contribution in [0, 0.1) is 0 Å². The van der Waals surface area contributed by atoms with E-state index < -0.39 is 10.0 Å². The summed E-state index contributed by atoms with van der Waals surface area (Å²) in [7, 11) is -3.64. The minimum atomic E-state index is -3.64. The van der Waals surface area contributed by atoms with Gasteiger partial charge in [-0.05, 0) is 43.5 Å². The Labute approximate surface area is 130 Å². The molecule has 1 amide bonds. The van der Waals surface area contributed by atoms with Crippen molar-refractivity contribution in [3.63, 3.8) is 0 Å². The van der Waals surface area contributed by atoms with Gasteiger partial charge < -0.3 is 10.6 Å². The van der Waals surface area contributed by atoms with Gasteiger partial charge in [0.2, 0.25) is 15.9 Å². The maximum atomic E-state index is 11.8. The van der Waals surface area contributed by atoms with Crippen molar-refractivity contribution in [1.82, 2.24) is 10.6 Å². The average Bonchev–Trinajstić information content (AvgIpc) is 2.92. The number of primary sulfonamides is 1. The monoisotopic (exact) mass is 333 g/mol. The second kappa shape index (κ2) is 7.74. The van der Waals surface area contributed by atoms with Crippen LogP contribution in [0.15, 0.2) is 29.2 Å². The largest absolute Gasteiger partial charge is 0.354 e. The van der Waals surface area contributed by atoms with Crippen LogP contribution in [-0.4, -0.2) is 33.5 Å². The standard InChI is InChI=1S/C13H19N3O3S.ClH/c14-20(18,19)11-5-3-10(4-6-11)7-9-16-13(17)12-2-1-8-15-12;/h3-6,12,15H,1-2,7-9H2,(H,16,17)(H2,14,18,19);1H. The quantitative estimate of drug-likeness (QED) is 0.714. The van der Waals surface area contributed by atoms with Crippen LogP contribution in [0.3, 0.4) is 0 Å². The van der Waals surface area contributed by atoms with Crippen molar-refractivity contribution in [2.24, 2.45) is 5.14 Å². The van der Waals surface area contributed by atoms with E-state index in [1.807, 2.05) is 0 Å². The second-order valence-electron chi connectivity index (χ2n) is 4.88. The topological polar surface area (TPSA) is 101 Å². The molecule has 1 aromatic carbocycles. The molecular formula is C13H20ClN3O3S. The van der Waals surface area contributed by atoms with Gasteiger partial charge in [0.05, 0.1) is 10.9 Å². The highest BCUT2D eigenvalue weighted by atomic mass is 35.5. The first-order chi connectivity index (χ1) is 9.47. The molecule has 0 radical (unpaired) electrons. The summed E-state index contributed by atoms with van der Waals surface area (Å²) in [6.07, 6.45) is 2.57. The molecule has 0 spiro atoms. The van der Waals surface area contributed by atoms with E-state index in [1.54, 1.807) is 12.1 Å². The first kappa shape index (κ1) is 17.9. The molecule has 0 aliphatic carbocycles. The van der Waals surface area contributed by atoms with Crippen molar-refractivity contribution < 1.29 is 13.2 Å². The Morgan fingerprint density at radius 3 is 2.52 bits per heavy atom. The van der Waals surface area contributed by atoms with Gasteiger partial charge in [-0.15, -0.1) is 12.4 Å². The molecule has 6 nitrogen and oxygen atoms in total. The highest BCUT2D eigenvalue weighted by molar-refractivity contribution is 7.89. The fourth-order valence-corrected chi connectivity index (χ4v) is 2.72. The summed E-state index contributed by atoms with van der Waals surface area (Å²) in [6.45, 7) is 1.43. The first-order valence-corrected chi connectivity index (χ1v) is 8.14. The fraction of sp³-hybridized carbons (Fsp3) is 0.462. The summed E-state index contributed by atoms with van der Waals surface area (Å²) in [4.78, 5) is 11.8. The van der Waals surface area contributed by atoms with E-state index in [9.17, 15) is 13.2 Å². The molecule has 0 aromatic heterocycles. The molecule has 1 fully saturated rings. The Morgan fingerprint density at radius 2 is 2.00 bits per heavy atom. The Hall–Kier alpha value is -1.15. The predicted octanol–water partition coefficient (Wildman–Crippen LogP) is 0.166. The van der Waals surface area contributed by atoms with E-state index >= 15 is 0 Å². The zero-order chi connectivity index (χ0) is 14.6. The molecule has 8 heteroatoms. The van der Waals surface area contributed by atoms with Crippen LogP contribution in [-0.2, 0) is 21.2 Å². The summed E-state index contributed by atoms with van der Waals surface area (Å²) in [5.41, 5.74) is 0.956. The number of halogens is 1. The summed E-state index contributed by atoms with van der Waals surface area (Å²) < 4.78 is 22.2. The molecule has 1 unspecified atom stereocenters. The van der Waals surface area contributed by atoms with Crippen LogP contribution < -0.4 is 15.8 Å². The van der Waals surface area contributed by atoms with Crippen molar-refractivity contribution in [3.05, 3.63) is 29.8 Å². The number of carbonyl (C=O) groups is 1. The minimum Gasteiger partial charge on any atom is -0.354 e. The third-order valence-electron chi connectivity index (χ3n) is 3.34. The van der Waals surface area contributed by atoms with E-state index in [-0.39, 0.29) is 29.3 Å². The molecule has 0 saturated carbocycles. The fourth-order valence-electron chi connectivity index (χ4n) is 2.21. The van der Waals surface area contributed by atoms with Crippen LogP contribution >= 0.6 is 12.4 Å². The van der Waals surface area contributed by atoms with Gasteiger partial charge in [0.1, 0.15) is 0 Å². The number of rotatable bonds is 5. The molecular weight excluding hydrogens is 314 g/mol. The molecule has 1 aliphatic rings. The normalized spacial score (nSPS) is 18.0. The third-order valence-corrected chi connectivity index (χ3v) is 4.27. The van der Waals surface area contributed by atoms with Crippen LogP contribution in [0.5, 0.6) is 0 Å². The first-order valence-electron chi connectivity index (χ1n) is 6.59. The highest BCUT2D eigenvalue weighted by Crippen LogP contribution is 2.09. The number of amides is 1. The lowest BCUT2D eigenvalue weighted by atomic mass is 10.1. The molecule has 1 aliphatic heterocycles. The van der Waals surface area contributed by atoms with E-state index in [0.717, 1.165) is 24.9 Å². The molecule has 21 heavy (non-hydrogen) atoms. The zero-order valence-corrected chi connectivity index (χ0v) is 13.2. The van der Waals surface area contributed by atoms with Crippen LogP contribution in [0.25, 0.3) is 0 Å². The Morgan fingerprint density at radius 1 is 1.33 bits per heavy atom. The molecule has 1 saturated heterocycles. The smallest absolute Gasteiger partial charge is 0.238 e. The molecule has 4 N–H and O–H groups in total. The Kier molecular flexibility index (Phi) is 6.60. The minimum absolute atomic E-state index is 0. The van der Waals surface area contributed by atoms with Crippen LogP contribution in [0.4, 0.5) is 0 Å². The summed E-state index contributed by atoms with van der Waals surface area (Å²) in [5.74, 6) is 0.0312. The highest BCUT2D eigenvalue weighted by Gasteiger charge is 2.21. The number of nitrogens with two attached hydrogens (primary N) is 1. The van der Waals surface area contributed by atoms with Crippen LogP contribution in [0.2, 0.25) is 0 Å². The van der Waals surface area contributed by atoms with Crippen molar-refractivity contribution >= 4 is 28.3 Å². The molecule has 0 bridgehead atoms. The van der Waals surface area contributed by atoms with Crippen molar-refractivity contribution in [3.8, 4) is 0 Å². The molecule has 1 atom stereocenters. The van der Waals surface area contributed by atoms with E-state index in [0.29, 0.717) is 13.0 Å². The van der Waals surface area contributed by atoms with Gasteiger partial charge in [-0.25, -0.2) is 13.6 Å². The summed E-state index contributed by atoms with van der Waals surface area (Å²) in [5, 5.41) is 11.0. The van der Waals surface area contributed by atoms with Gasteiger partial charge in [0.25, 0.3) is 0 Å². The maximum Gasteiger partial charge on any atom is 0.238 e. The van der Waals surface area contributed by atoms with E-state index in [2.05, 4.69) is 10.6 Å². The number of hydrogen-bond acceptors (Lipinski definition) is 4. The summed E-state index contributed by atoms with van der Waals surface area (Å²) >= 11 is 0. The number of benzene rings is 1. The number of nitrogens with one attached hydrogen (secondary N) is 2. The zero-order valence-electron chi connectivity index (χ0n) is 11.5. The SMILES string of the molecule is Cl.NS(=O)(=O)c1ccc(CCNC(=O)C2CCCN2)cc1. The lowest BCUT2D eigenvalue weighted by Gasteiger charge is -2.11. The Bertz CT molecular complexity index is 569. The van der Waals surface area contributed by atoms with E-state index in [4.69, 9.17) is 5.14 Å². The number of carbonyl (C=O) groups excluding carboxylic acids is 1. The lowest BCUT2D eigenvalue weighted by Crippen LogP contribution is -2.41. The number of sulfonamides is 1. The predicted molar refractivity (Wildman–Crippen MR) is 82.8 cm³/mol. The number of hydrogen-bond donors (Lipinski definition) is 3. The van der Waals surface area contributed by atoms with Crippen LogP contribution in [0.1, 0.15) is 18.4 Å². The summed E-state index contributed by atoms with van der Waals surface area (Å²) in [6, 6.07) is 6.30. The molecule has 1 heterocycles. The average molecular weight is 334 g/mol. The molecule has 1 aromatic rings. The van der Waals surface area contributed by atoms with Gasteiger partial charge in [-0.3, -0.25) is 4.79 Å². The van der Waals surface area contributed by atoms with Crippen molar-refractivity contribution in [1.29, 1.82) is 0 Å². The van der Waals surface area contributed by atoms with Gasteiger partial charge >= 0.3 is 0 Å². The third kappa shape index (κ3) is 5.28. The second-order valence-corrected chi connectivity index (χ2v) is 6.44. The molecule has 118 valence electrons. The Balaban J connectivity index is 0.00000220. The van der Waals surface area contributed by atoms with Crippen molar-refractivity contribution in [2.75, 3.05) is 13.1 Å². The molecule has 2 rings (SSSR count). The van der Waals surface area contributed by atoms with Gasteiger partial charge in [-0.2, -0.15) is 0 Å². The van der Waals surface area contributed by atoms with Gasteiger partial charge in [-0.1, -0.05) is 12.1 Å².